The Hall–Kier alpha value is -1.41. The number of rotatable bonds is 13. The molecule has 1 unspecified atom stereocenters. The maximum absolute atomic E-state index is 13.3. The van der Waals surface area contributed by atoms with Gasteiger partial charge in [-0.15, -0.1) is 10.2 Å². The van der Waals surface area contributed by atoms with Gasteiger partial charge in [0, 0.05) is 30.4 Å². The molecule has 1 aromatic heterocycles. The van der Waals surface area contributed by atoms with Gasteiger partial charge >= 0.3 is 0 Å². The maximum Gasteiger partial charge on any atom is 0.286 e. The molecule has 1 amide bonds. The average Bonchev–Trinajstić information content (AvgIpc) is 3.19. The Morgan fingerprint density at radius 2 is 1.74 bits per heavy atom. The number of nitrogens with zero attached hydrogens (tertiary/aromatic N) is 4. The predicted molar refractivity (Wildman–Crippen MR) is 124 cm³/mol. The van der Waals surface area contributed by atoms with Gasteiger partial charge in [0.05, 0.1) is 0 Å². The molecule has 0 aromatic carbocycles. The number of Topliss-reactive ketones (excluding diaryl/α,β-unsaturated/α-hetero) is 1. The largest absolute Gasteiger partial charge is 0.408 e. The highest BCUT2D eigenvalue weighted by Gasteiger charge is 2.35. The van der Waals surface area contributed by atoms with E-state index in [-0.39, 0.29) is 23.6 Å². The minimum Gasteiger partial charge on any atom is -0.408 e. The summed E-state index contributed by atoms with van der Waals surface area (Å²) in [5, 5.41) is 8.53. The first kappa shape index (κ1) is 25.8. The van der Waals surface area contributed by atoms with Crippen molar-refractivity contribution in [3.8, 4) is 0 Å². The van der Waals surface area contributed by atoms with Gasteiger partial charge in [0.1, 0.15) is 6.04 Å². The van der Waals surface area contributed by atoms with Crippen LogP contribution in [0.15, 0.2) is 9.64 Å². The van der Waals surface area contributed by atoms with Gasteiger partial charge in [-0.1, -0.05) is 44.9 Å². The number of hydrogen-bond acceptors (Lipinski definition) is 7. The number of hydrogen-bond donors (Lipinski definition) is 0. The molecule has 8 heteroatoms. The van der Waals surface area contributed by atoms with E-state index in [1.165, 1.54) is 18.2 Å². The molecule has 0 saturated heterocycles. The van der Waals surface area contributed by atoms with E-state index in [0.717, 1.165) is 44.4 Å². The highest BCUT2D eigenvalue weighted by Crippen LogP contribution is 2.27. The standard InChI is InChI=1S/C23H40N4O3S/c1-16(2)14-20(27(15-28)19-10-8-7-9-11-19)21(29)22-24-25-23(30-22)31-13-12-26(17(3)4)18(5)6/h15-20H,7-14H2,1-6H3. The monoisotopic (exact) mass is 452 g/mol. The summed E-state index contributed by atoms with van der Waals surface area (Å²) in [4.78, 5) is 29.4. The summed E-state index contributed by atoms with van der Waals surface area (Å²) in [6.45, 7) is 13.8. The van der Waals surface area contributed by atoms with Crippen LogP contribution in [0.2, 0.25) is 0 Å². The van der Waals surface area contributed by atoms with Gasteiger partial charge in [0.25, 0.3) is 11.1 Å². The molecule has 176 valence electrons. The van der Waals surface area contributed by atoms with Gasteiger partial charge in [-0.2, -0.15) is 0 Å². The first-order chi connectivity index (χ1) is 14.7. The van der Waals surface area contributed by atoms with Crippen LogP contribution in [0.5, 0.6) is 0 Å². The summed E-state index contributed by atoms with van der Waals surface area (Å²) in [7, 11) is 0. The topological polar surface area (TPSA) is 79.5 Å². The minimum absolute atomic E-state index is 0.0142. The zero-order chi connectivity index (χ0) is 23.0. The zero-order valence-corrected chi connectivity index (χ0v) is 20.9. The van der Waals surface area contributed by atoms with E-state index in [1.807, 2.05) is 0 Å². The Bertz CT molecular complexity index is 678. The highest BCUT2D eigenvalue weighted by molar-refractivity contribution is 7.99. The molecule has 7 nitrogen and oxygen atoms in total. The molecule has 1 saturated carbocycles. The fourth-order valence-electron chi connectivity index (χ4n) is 4.47. The summed E-state index contributed by atoms with van der Waals surface area (Å²) in [6, 6.07) is 0.502. The first-order valence-corrected chi connectivity index (χ1v) is 12.7. The predicted octanol–water partition coefficient (Wildman–Crippen LogP) is 4.67. The van der Waals surface area contributed by atoms with E-state index < -0.39 is 6.04 Å². The number of thioether (sulfide) groups is 1. The number of ketones is 1. The van der Waals surface area contributed by atoms with Gasteiger partial charge in [0.15, 0.2) is 0 Å². The molecule has 1 aliphatic carbocycles. The lowest BCUT2D eigenvalue weighted by molar-refractivity contribution is -0.122. The van der Waals surface area contributed by atoms with Gasteiger partial charge in [-0.25, -0.2) is 0 Å². The molecule has 1 aromatic rings. The molecule has 1 aliphatic rings. The lowest BCUT2D eigenvalue weighted by Crippen LogP contribution is -2.48. The number of aromatic nitrogens is 2. The molecule has 0 aliphatic heterocycles. The molecule has 0 N–H and O–H groups in total. The highest BCUT2D eigenvalue weighted by atomic mass is 32.2. The molecule has 0 bridgehead atoms. The van der Waals surface area contributed by atoms with Crippen LogP contribution in [0.1, 0.15) is 90.8 Å². The summed E-state index contributed by atoms with van der Waals surface area (Å²) >= 11 is 1.47. The second-order valence-electron chi connectivity index (χ2n) is 9.50. The summed E-state index contributed by atoms with van der Waals surface area (Å²) in [6.07, 6.45) is 6.74. The van der Waals surface area contributed by atoms with Crippen molar-refractivity contribution in [2.24, 2.45) is 5.92 Å². The van der Waals surface area contributed by atoms with Crippen molar-refractivity contribution in [3.63, 3.8) is 0 Å². The van der Waals surface area contributed by atoms with Crippen molar-refractivity contribution >= 4 is 24.0 Å². The molecule has 1 heterocycles. The molecule has 1 fully saturated rings. The zero-order valence-electron chi connectivity index (χ0n) is 20.0. The van der Waals surface area contributed by atoms with E-state index in [4.69, 9.17) is 4.42 Å². The third-order valence-corrected chi connectivity index (χ3v) is 6.79. The van der Waals surface area contributed by atoms with Crippen molar-refractivity contribution in [2.45, 2.75) is 109 Å². The Kier molecular flexibility index (Phi) is 10.5. The molecule has 0 spiro atoms. The van der Waals surface area contributed by atoms with Crippen LogP contribution < -0.4 is 0 Å². The van der Waals surface area contributed by atoms with E-state index >= 15 is 0 Å². The van der Waals surface area contributed by atoms with Crippen LogP contribution in [0, 0.1) is 5.92 Å². The Morgan fingerprint density at radius 1 is 1.10 bits per heavy atom. The fraction of sp³-hybridized carbons (Fsp3) is 0.826. The van der Waals surface area contributed by atoms with E-state index in [2.05, 4.69) is 56.6 Å². The van der Waals surface area contributed by atoms with Crippen LogP contribution >= 0.6 is 11.8 Å². The molecule has 0 radical (unpaired) electrons. The molecular weight excluding hydrogens is 412 g/mol. The average molecular weight is 453 g/mol. The summed E-state index contributed by atoms with van der Waals surface area (Å²) in [5.74, 6) is 0.858. The molecular formula is C23H40N4O3S. The molecule has 31 heavy (non-hydrogen) atoms. The van der Waals surface area contributed by atoms with Crippen LogP contribution in [-0.2, 0) is 4.79 Å². The molecule has 2 rings (SSSR count). The van der Waals surface area contributed by atoms with Crippen molar-refractivity contribution in [1.82, 2.24) is 20.0 Å². The third-order valence-electron chi connectivity index (χ3n) is 5.99. The van der Waals surface area contributed by atoms with Gasteiger partial charge in [0.2, 0.25) is 12.2 Å². The summed E-state index contributed by atoms with van der Waals surface area (Å²) < 4.78 is 5.72. The first-order valence-electron chi connectivity index (χ1n) is 11.7. The number of carbonyl (C=O) groups is 2. The van der Waals surface area contributed by atoms with E-state index in [1.54, 1.807) is 4.90 Å². The smallest absolute Gasteiger partial charge is 0.286 e. The van der Waals surface area contributed by atoms with Crippen LogP contribution in [0.25, 0.3) is 0 Å². The van der Waals surface area contributed by atoms with Crippen molar-refractivity contribution in [2.75, 3.05) is 12.3 Å². The van der Waals surface area contributed by atoms with Gasteiger partial charge in [-0.3, -0.25) is 14.5 Å². The normalized spacial score (nSPS) is 16.5. The quantitative estimate of drug-likeness (QED) is 0.244. The van der Waals surface area contributed by atoms with Crippen LogP contribution in [0.4, 0.5) is 0 Å². The van der Waals surface area contributed by atoms with Crippen molar-refractivity contribution in [1.29, 1.82) is 0 Å². The summed E-state index contributed by atoms with van der Waals surface area (Å²) in [5.41, 5.74) is 0. The Labute approximate surface area is 191 Å². The van der Waals surface area contributed by atoms with Crippen LogP contribution in [-0.4, -0.2) is 68.7 Å². The Morgan fingerprint density at radius 3 is 2.29 bits per heavy atom. The fourth-order valence-corrected chi connectivity index (χ4v) is 5.18. The van der Waals surface area contributed by atoms with E-state index in [0.29, 0.717) is 23.7 Å². The number of amides is 1. The lowest BCUT2D eigenvalue weighted by Gasteiger charge is -2.36. The SMILES string of the molecule is CC(C)CC(C(=O)c1nnc(SCCN(C(C)C)C(C)C)o1)N(C=O)C1CCCCC1. The number of carbonyl (C=O) groups excluding carboxylic acids is 2. The van der Waals surface area contributed by atoms with Gasteiger partial charge in [-0.05, 0) is 52.9 Å². The van der Waals surface area contributed by atoms with Crippen molar-refractivity contribution < 1.29 is 14.0 Å². The Balaban J connectivity index is 2.06. The molecule has 1 atom stereocenters. The van der Waals surface area contributed by atoms with E-state index in [9.17, 15) is 9.59 Å². The third kappa shape index (κ3) is 7.59. The minimum atomic E-state index is -0.545. The lowest BCUT2D eigenvalue weighted by atomic mass is 9.91. The second kappa shape index (κ2) is 12.6. The van der Waals surface area contributed by atoms with Crippen LogP contribution in [0.3, 0.4) is 0 Å². The maximum atomic E-state index is 13.3. The van der Waals surface area contributed by atoms with Crippen molar-refractivity contribution in [3.05, 3.63) is 5.89 Å². The second-order valence-corrected chi connectivity index (χ2v) is 10.5. The van der Waals surface area contributed by atoms with Gasteiger partial charge < -0.3 is 9.32 Å².